The molecule has 7 heteroatoms. The van der Waals surface area contributed by atoms with E-state index >= 15 is 0 Å². The van der Waals surface area contributed by atoms with Crippen LogP contribution in [-0.4, -0.2) is 56.5 Å². The topological polar surface area (TPSA) is 61.8 Å². The zero-order valence-electron chi connectivity index (χ0n) is 10.9. The Labute approximate surface area is 126 Å². The van der Waals surface area contributed by atoms with Crippen LogP contribution in [0.15, 0.2) is 4.99 Å². The van der Waals surface area contributed by atoms with Gasteiger partial charge in [-0.05, 0) is 13.8 Å². The summed E-state index contributed by atoms with van der Waals surface area (Å²) in [5.74, 6) is 3.28. The van der Waals surface area contributed by atoms with Gasteiger partial charge >= 0.3 is 0 Å². The molecule has 18 heavy (non-hydrogen) atoms. The van der Waals surface area contributed by atoms with Crippen molar-refractivity contribution in [1.29, 1.82) is 0 Å². The molecule has 1 rings (SSSR count). The first-order chi connectivity index (χ1) is 7.84. The van der Waals surface area contributed by atoms with Crippen LogP contribution in [-0.2, 0) is 9.84 Å². The molecule has 0 amide bonds. The van der Waals surface area contributed by atoms with E-state index in [1.54, 1.807) is 20.9 Å². The summed E-state index contributed by atoms with van der Waals surface area (Å²) in [6.45, 7) is 4.75. The van der Waals surface area contributed by atoms with Gasteiger partial charge in [-0.2, -0.15) is 0 Å². The number of sulfone groups is 1. The molecule has 0 aromatic rings. The molecule has 5 nitrogen and oxygen atoms in total. The Bertz CT molecular complexity index is 451. The molecule has 1 N–H and O–H groups in total. The van der Waals surface area contributed by atoms with Gasteiger partial charge in [0.05, 0.1) is 17.0 Å². The van der Waals surface area contributed by atoms with Crippen LogP contribution in [0.1, 0.15) is 13.8 Å². The summed E-state index contributed by atoms with van der Waals surface area (Å²) in [6, 6.07) is 0. The first-order valence-electron chi connectivity index (χ1n) is 5.45. The van der Waals surface area contributed by atoms with Crippen molar-refractivity contribution in [3.63, 3.8) is 0 Å². The van der Waals surface area contributed by atoms with Crippen molar-refractivity contribution < 1.29 is 8.42 Å². The van der Waals surface area contributed by atoms with E-state index in [9.17, 15) is 8.42 Å². The molecule has 1 aliphatic rings. The number of aliphatic imine (C=N–C) groups is 1. The Morgan fingerprint density at radius 2 is 2.17 bits per heavy atom. The van der Waals surface area contributed by atoms with Crippen LogP contribution in [0.2, 0.25) is 0 Å². The van der Waals surface area contributed by atoms with E-state index < -0.39 is 14.6 Å². The van der Waals surface area contributed by atoms with Gasteiger partial charge in [0.15, 0.2) is 15.8 Å². The predicted octanol–water partition coefficient (Wildman–Crippen LogP) is 0.322. The molecule has 0 aliphatic carbocycles. The third-order valence-corrected chi connectivity index (χ3v) is 5.44. The Kier molecular flexibility index (Phi) is 6.43. The van der Waals surface area contributed by atoms with Crippen molar-refractivity contribution >= 4 is 39.8 Å². The van der Waals surface area contributed by atoms with Gasteiger partial charge in [0, 0.05) is 20.1 Å². The fraction of sp³-hybridized carbons (Fsp3) is 0.727. The standard InChI is InChI=1S/C11H19N3O2S.HI/c1-5-6-13-10(12-4)14-7-8-17(15,16)11(2,3)9-14;/h1H,6-9H2,2-4H3,(H,12,13);1H. The van der Waals surface area contributed by atoms with Crippen LogP contribution < -0.4 is 5.32 Å². The van der Waals surface area contributed by atoms with E-state index in [1.807, 2.05) is 4.90 Å². The minimum Gasteiger partial charge on any atom is -0.345 e. The highest BCUT2D eigenvalue weighted by Gasteiger charge is 2.40. The van der Waals surface area contributed by atoms with Crippen molar-refractivity contribution in [1.82, 2.24) is 10.2 Å². The van der Waals surface area contributed by atoms with Crippen molar-refractivity contribution in [2.45, 2.75) is 18.6 Å². The summed E-state index contributed by atoms with van der Waals surface area (Å²) < 4.78 is 23.0. The normalized spacial score (nSPS) is 21.7. The van der Waals surface area contributed by atoms with Crippen LogP contribution in [0, 0.1) is 12.3 Å². The van der Waals surface area contributed by atoms with Gasteiger partial charge < -0.3 is 10.2 Å². The molecule has 1 saturated heterocycles. The first-order valence-corrected chi connectivity index (χ1v) is 7.10. The average molecular weight is 385 g/mol. The van der Waals surface area contributed by atoms with Crippen LogP contribution in [0.5, 0.6) is 0 Å². The summed E-state index contributed by atoms with van der Waals surface area (Å²) in [7, 11) is -1.36. The molecule has 104 valence electrons. The minimum absolute atomic E-state index is 0. The SMILES string of the molecule is C#CCNC(=NC)N1CCS(=O)(=O)C(C)(C)C1.I. The van der Waals surface area contributed by atoms with E-state index in [0.29, 0.717) is 25.6 Å². The Balaban J connectivity index is 0.00000289. The first kappa shape index (κ1) is 17.5. The summed E-state index contributed by atoms with van der Waals surface area (Å²) in [5, 5.41) is 3.00. The lowest BCUT2D eigenvalue weighted by molar-refractivity contribution is 0.355. The van der Waals surface area contributed by atoms with Crippen LogP contribution >= 0.6 is 24.0 Å². The van der Waals surface area contributed by atoms with Crippen molar-refractivity contribution in [3.05, 3.63) is 0 Å². The molecule has 0 saturated carbocycles. The van der Waals surface area contributed by atoms with Gasteiger partial charge in [0.2, 0.25) is 0 Å². The predicted molar refractivity (Wildman–Crippen MR) is 85.0 cm³/mol. The van der Waals surface area contributed by atoms with Crippen LogP contribution in [0.3, 0.4) is 0 Å². The quantitative estimate of drug-likeness (QED) is 0.306. The molecule has 1 fully saturated rings. The average Bonchev–Trinajstić information content (AvgIpc) is 2.24. The molecule has 0 unspecified atom stereocenters. The van der Waals surface area contributed by atoms with Crippen molar-refractivity contribution in [3.8, 4) is 12.3 Å². The maximum Gasteiger partial charge on any atom is 0.194 e. The summed E-state index contributed by atoms with van der Waals surface area (Å²) in [4.78, 5) is 6.03. The monoisotopic (exact) mass is 385 g/mol. The molecule has 0 radical (unpaired) electrons. The number of guanidine groups is 1. The second-order valence-corrected chi connectivity index (χ2v) is 7.35. The van der Waals surface area contributed by atoms with E-state index in [4.69, 9.17) is 6.42 Å². The molecule has 1 aliphatic heterocycles. The molecule has 0 atom stereocenters. The third kappa shape index (κ3) is 3.75. The van der Waals surface area contributed by atoms with Gasteiger partial charge in [-0.3, -0.25) is 4.99 Å². The molecule has 0 aromatic carbocycles. The molecule has 1 heterocycles. The molecule has 0 aromatic heterocycles. The fourth-order valence-electron chi connectivity index (χ4n) is 1.79. The Morgan fingerprint density at radius 3 is 2.61 bits per heavy atom. The maximum absolute atomic E-state index is 11.9. The van der Waals surface area contributed by atoms with E-state index in [2.05, 4.69) is 16.2 Å². The minimum atomic E-state index is -3.02. The Morgan fingerprint density at radius 1 is 1.56 bits per heavy atom. The third-order valence-electron chi connectivity index (χ3n) is 2.90. The highest BCUT2D eigenvalue weighted by atomic mass is 127. The van der Waals surface area contributed by atoms with E-state index in [-0.39, 0.29) is 29.7 Å². The molecular formula is C11H20IN3O2S. The van der Waals surface area contributed by atoms with Gasteiger partial charge in [-0.15, -0.1) is 30.4 Å². The zero-order chi connectivity index (χ0) is 13.1. The smallest absolute Gasteiger partial charge is 0.194 e. The van der Waals surface area contributed by atoms with Gasteiger partial charge in [-0.25, -0.2) is 8.42 Å². The highest BCUT2D eigenvalue weighted by Crippen LogP contribution is 2.23. The molecule has 0 spiro atoms. The second kappa shape index (κ2) is 6.61. The molecular weight excluding hydrogens is 365 g/mol. The number of nitrogens with zero attached hydrogens (tertiary/aromatic N) is 2. The Hall–Kier alpha value is -0.490. The number of nitrogens with one attached hydrogen (secondary N) is 1. The number of terminal acetylenes is 1. The maximum atomic E-state index is 11.9. The van der Waals surface area contributed by atoms with E-state index in [1.165, 1.54) is 0 Å². The summed E-state index contributed by atoms with van der Waals surface area (Å²) in [5.41, 5.74) is 0. The highest BCUT2D eigenvalue weighted by molar-refractivity contribution is 14.0. The lowest BCUT2D eigenvalue weighted by Gasteiger charge is -2.39. The van der Waals surface area contributed by atoms with Gasteiger partial charge in [0.25, 0.3) is 0 Å². The van der Waals surface area contributed by atoms with E-state index in [0.717, 1.165) is 0 Å². The molecule has 0 bridgehead atoms. The van der Waals surface area contributed by atoms with Crippen molar-refractivity contribution in [2.75, 3.05) is 32.4 Å². The summed E-state index contributed by atoms with van der Waals surface area (Å²) >= 11 is 0. The van der Waals surface area contributed by atoms with Gasteiger partial charge in [-0.1, -0.05) is 5.92 Å². The number of rotatable bonds is 1. The number of hydrogen-bond donors (Lipinski definition) is 1. The lowest BCUT2D eigenvalue weighted by Crippen LogP contribution is -2.57. The number of hydrogen-bond acceptors (Lipinski definition) is 3. The van der Waals surface area contributed by atoms with Crippen LogP contribution in [0.4, 0.5) is 0 Å². The van der Waals surface area contributed by atoms with Crippen molar-refractivity contribution in [2.24, 2.45) is 4.99 Å². The largest absolute Gasteiger partial charge is 0.345 e. The second-order valence-electron chi connectivity index (χ2n) is 4.61. The fourth-order valence-corrected chi connectivity index (χ4v) is 3.15. The van der Waals surface area contributed by atoms with Gasteiger partial charge in [0.1, 0.15) is 0 Å². The van der Waals surface area contributed by atoms with Crippen LogP contribution in [0.25, 0.3) is 0 Å². The number of halogens is 1. The lowest BCUT2D eigenvalue weighted by atomic mass is 10.2. The summed E-state index contributed by atoms with van der Waals surface area (Å²) in [6.07, 6.45) is 5.18. The zero-order valence-corrected chi connectivity index (χ0v) is 14.1.